The number of imidazole rings is 1. The number of hydrogen-bond acceptors (Lipinski definition) is 7. The van der Waals surface area contributed by atoms with E-state index in [1.54, 1.807) is 13.1 Å². The van der Waals surface area contributed by atoms with Crippen LogP contribution in [-0.2, 0) is 11.3 Å². The Balaban J connectivity index is 1.30. The lowest BCUT2D eigenvalue weighted by molar-refractivity contribution is -0.128. The Kier molecular flexibility index (Phi) is 6.05. The van der Waals surface area contributed by atoms with E-state index in [9.17, 15) is 10.1 Å². The van der Waals surface area contributed by atoms with Crippen molar-refractivity contribution in [1.82, 2.24) is 19.4 Å². The topological polar surface area (TPSA) is 91.2 Å². The lowest BCUT2D eigenvalue weighted by Crippen LogP contribution is -2.49. The van der Waals surface area contributed by atoms with Crippen molar-refractivity contribution < 1.29 is 9.21 Å². The highest BCUT2D eigenvalue weighted by atomic mass is 32.2. The Bertz CT molecular complexity index is 1050. The van der Waals surface area contributed by atoms with Gasteiger partial charge in [0, 0.05) is 52.0 Å². The summed E-state index contributed by atoms with van der Waals surface area (Å²) in [6.07, 6.45) is 3.70. The molecule has 1 fully saturated rings. The molecule has 0 bridgehead atoms. The van der Waals surface area contributed by atoms with E-state index < -0.39 is 0 Å². The third-order valence-electron chi connectivity index (χ3n) is 4.94. The van der Waals surface area contributed by atoms with Gasteiger partial charge in [0.1, 0.15) is 6.07 Å². The largest absolute Gasteiger partial charge is 0.424 e. The summed E-state index contributed by atoms with van der Waals surface area (Å²) in [4.78, 5) is 25.0. The van der Waals surface area contributed by atoms with Crippen molar-refractivity contribution in [3.8, 4) is 6.07 Å². The highest BCUT2D eigenvalue weighted by molar-refractivity contribution is 7.99. The van der Waals surface area contributed by atoms with Gasteiger partial charge in [-0.3, -0.25) is 4.79 Å². The molecule has 3 heterocycles. The Morgan fingerprint density at radius 1 is 1.23 bits per heavy atom. The first-order valence-corrected chi connectivity index (χ1v) is 10.7. The molecule has 30 heavy (non-hydrogen) atoms. The molecule has 0 N–H and O–H groups in total. The molecule has 1 saturated heterocycles. The minimum Gasteiger partial charge on any atom is -0.424 e. The van der Waals surface area contributed by atoms with Gasteiger partial charge in [0.05, 0.1) is 5.75 Å². The number of nitriles is 1. The van der Waals surface area contributed by atoms with Crippen LogP contribution < -0.4 is 4.90 Å². The lowest BCUT2D eigenvalue weighted by Gasteiger charge is -2.34. The second-order valence-electron chi connectivity index (χ2n) is 6.98. The molecule has 0 aliphatic carbocycles. The number of amides is 1. The monoisotopic (exact) mass is 422 g/mol. The van der Waals surface area contributed by atoms with Crippen LogP contribution in [0.5, 0.6) is 0 Å². The van der Waals surface area contributed by atoms with E-state index >= 15 is 0 Å². The number of oxazole rings is 1. The fourth-order valence-electron chi connectivity index (χ4n) is 3.42. The van der Waals surface area contributed by atoms with Crippen LogP contribution in [0.3, 0.4) is 0 Å². The number of aryl methyl sites for hydroxylation is 1. The molecule has 3 aromatic rings. The smallest absolute Gasteiger partial charge is 0.234 e. The molecule has 9 heteroatoms. The predicted molar refractivity (Wildman–Crippen MR) is 113 cm³/mol. The maximum absolute atomic E-state index is 12.7. The molecular weight excluding hydrogens is 400 g/mol. The third-order valence-corrected chi connectivity index (χ3v) is 5.93. The van der Waals surface area contributed by atoms with Crippen molar-refractivity contribution >= 4 is 23.6 Å². The minimum atomic E-state index is 0.0863. The summed E-state index contributed by atoms with van der Waals surface area (Å²) < 4.78 is 7.63. The number of aromatic nitrogens is 3. The van der Waals surface area contributed by atoms with E-state index in [4.69, 9.17) is 4.42 Å². The number of carbonyl (C=O) groups excluding carboxylic acids is 1. The van der Waals surface area contributed by atoms with Gasteiger partial charge >= 0.3 is 0 Å². The molecule has 8 nitrogen and oxygen atoms in total. The Morgan fingerprint density at radius 2 is 2.00 bits per heavy atom. The predicted octanol–water partition coefficient (Wildman–Crippen LogP) is 2.54. The number of benzene rings is 1. The van der Waals surface area contributed by atoms with Crippen LogP contribution in [0.25, 0.3) is 0 Å². The number of anilines is 1. The van der Waals surface area contributed by atoms with Gasteiger partial charge in [0.25, 0.3) is 0 Å². The second kappa shape index (κ2) is 9.05. The van der Waals surface area contributed by atoms with Gasteiger partial charge in [0.2, 0.25) is 17.5 Å². The Labute approximate surface area is 179 Å². The molecule has 2 aromatic heterocycles. The van der Waals surface area contributed by atoms with E-state index in [0.717, 1.165) is 11.7 Å². The molecule has 1 aromatic carbocycles. The van der Waals surface area contributed by atoms with Crippen LogP contribution in [0, 0.1) is 18.3 Å². The molecule has 1 amide bonds. The normalized spacial score (nSPS) is 14.0. The number of thioether (sulfide) groups is 1. The lowest BCUT2D eigenvalue weighted by atomic mass is 10.2. The molecular formula is C21H22N6O2S. The number of piperazine rings is 1. The summed E-state index contributed by atoms with van der Waals surface area (Å²) in [5.41, 5.74) is 1.49. The van der Waals surface area contributed by atoms with Crippen molar-refractivity contribution in [2.45, 2.75) is 18.6 Å². The van der Waals surface area contributed by atoms with Gasteiger partial charge in [-0.2, -0.15) is 5.26 Å². The molecule has 154 valence electrons. The summed E-state index contributed by atoms with van der Waals surface area (Å²) in [6.45, 7) is 4.85. The van der Waals surface area contributed by atoms with E-state index in [-0.39, 0.29) is 5.91 Å². The zero-order chi connectivity index (χ0) is 20.9. The average Bonchev–Trinajstić information content (AvgIpc) is 3.38. The third kappa shape index (κ3) is 4.49. The minimum absolute atomic E-state index is 0.0863. The van der Waals surface area contributed by atoms with Gasteiger partial charge < -0.3 is 18.8 Å². The van der Waals surface area contributed by atoms with Crippen molar-refractivity contribution in [1.29, 1.82) is 5.26 Å². The van der Waals surface area contributed by atoms with Crippen LogP contribution in [-0.4, -0.2) is 57.3 Å². The van der Waals surface area contributed by atoms with Gasteiger partial charge in [0.15, 0.2) is 11.0 Å². The molecule has 0 atom stereocenters. The first kappa shape index (κ1) is 20.0. The molecule has 1 aliphatic heterocycles. The van der Waals surface area contributed by atoms with Gasteiger partial charge in [-0.1, -0.05) is 42.1 Å². The number of hydrogen-bond donors (Lipinski definition) is 0. The standard InChI is InChI=1S/C21H22N6O2S/c1-16-24-18(13-22)20(29-16)26-11-9-25(10-12-26)19(28)15-30-21-23-7-8-27(21)14-17-5-3-2-4-6-17/h2-8H,9-12,14-15H2,1H3. The molecule has 0 unspecified atom stereocenters. The fraction of sp³-hybridized carbons (Fsp3) is 0.333. The van der Waals surface area contributed by atoms with Gasteiger partial charge in [-0.25, -0.2) is 9.97 Å². The van der Waals surface area contributed by atoms with E-state index in [1.165, 1.54) is 17.3 Å². The molecule has 0 saturated carbocycles. The summed E-state index contributed by atoms with van der Waals surface area (Å²) in [6, 6.07) is 12.2. The van der Waals surface area contributed by atoms with Gasteiger partial charge in [-0.05, 0) is 5.56 Å². The number of rotatable bonds is 6. The van der Waals surface area contributed by atoms with Crippen LogP contribution >= 0.6 is 11.8 Å². The van der Waals surface area contributed by atoms with Crippen LogP contribution in [0.4, 0.5) is 5.88 Å². The van der Waals surface area contributed by atoms with Crippen LogP contribution in [0.15, 0.2) is 52.3 Å². The van der Waals surface area contributed by atoms with Crippen molar-refractivity contribution in [2.75, 3.05) is 36.8 Å². The van der Waals surface area contributed by atoms with E-state index in [0.29, 0.717) is 49.4 Å². The fourth-order valence-corrected chi connectivity index (χ4v) is 4.28. The Morgan fingerprint density at radius 3 is 2.73 bits per heavy atom. The van der Waals surface area contributed by atoms with Crippen molar-refractivity contribution in [3.63, 3.8) is 0 Å². The highest BCUT2D eigenvalue weighted by Crippen LogP contribution is 2.23. The zero-order valence-corrected chi connectivity index (χ0v) is 17.5. The van der Waals surface area contributed by atoms with Crippen molar-refractivity contribution in [3.05, 3.63) is 59.9 Å². The zero-order valence-electron chi connectivity index (χ0n) is 16.7. The summed E-state index contributed by atoms with van der Waals surface area (Å²) in [7, 11) is 0. The highest BCUT2D eigenvalue weighted by Gasteiger charge is 2.26. The van der Waals surface area contributed by atoms with Crippen molar-refractivity contribution in [2.24, 2.45) is 0 Å². The molecule has 0 spiro atoms. The average molecular weight is 423 g/mol. The second-order valence-corrected chi connectivity index (χ2v) is 7.92. The number of carbonyl (C=O) groups is 1. The van der Waals surface area contributed by atoms with E-state index in [1.807, 2.05) is 34.2 Å². The molecule has 1 aliphatic rings. The van der Waals surface area contributed by atoms with Gasteiger partial charge in [-0.15, -0.1) is 0 Å². The summed E-state index contributed by atoms with van der Waals surface area (Å²) in [5.74, 6) is 1.40. The first-order valence-electron chi connectivity index (χ1n) is 9.72. The van der Waals surface area contributed by atoms with Crippen LogP contribution in [0.1, 0.15) is 17.1 Å². The maximum atomic E-state index is 12.7. The molecule has 4 rings (SSSR count). The summed E-state index contributed by atoms with van der Waals surface area (Å²) in [5, 5.41) is 10.0. The summed E-state index contributed by atoms with van der Waals surface area (Å²) >= 11 is 1.46. The quantitative estimate of drug-likeness (QED) is 0.564. The Hall–Kier alpha value is -3.25. The van der Waals surface area contributed by atoms with E-state index in [2.05, 4.69) is 32.7 Å². The van der Waals surface area contributed by atoms with Crippen LogP contribution in [0.2, 0.25) is 0 Å². The number of nitrogens with zero attached hydrogens (tertiary/aromatic N) is 6. The molecule has 0 radical (unpaired) electrons. The first-order chi connectivity index (χ1) is 14.6. The maximum Gasteiger partial charge on any atom is 0.234 e. The SMILES string of the molecule is Cc1nc(C#N)c(N2CCN(C(=O)CSc3nccn3Cc3ccccc3)CC2)o1.